The van der Waals surface area contributed by atoms with Gasteiger partial charge in [-0.25, -0.2) is 0 Å². The summed E-state index contributed by atoms with van der Waals surface area (Å²) in [6.07, 6.45) is 0.201. The number of para-hydroxylation sites is 2. The van der Waals surface area contributed by atoms with Crippen LogP contribution in [0.5, 0.6) is 11.5 Å². The molecule has 0 spiro atoms. The molecule has 0 aliphatic carbocycles. The van der Waals surface area contributed by atoms with Gasteiger partial charge in [0.05, 0.1) is 19.2 Å². The minimum atomic E-state index is -0.238. The van der Waals surface area contributed by atoms with Crippen LogP contribution in [0, 0.1) is 0 Å². The molecule has 0 saturated carbocycles. The van der Waals surface area contributed by atoms with Crippen molar-refractivity contribution in [1.29, 1.82) is 0 Å². The van der Waals surface area contributed by atoms with Gasteiger partial charge in [-0.05, 0) is 42.0 Å². The van der Waals surface area contributed by atoms with Crippen molar-refractivity contribution >= 4 is 28.9 Å². The zero-order valence-corrected chi connectivity index (χ0v) is 12.8. The summed E-state index contributed by atoms with van der Waals surface area (Å²) in [4.78, 5) is 11.9. The quantitative estimate of drug-likeness (QED) is 0.597. The number of ether oxygens (including phenoxy) is 1. The maximum absolute atomic E-state index is 11.9. The lowest BCUT2D eigenvalue weighted by Crippen LogP contribution is -2.35. The van der Waals surface area contributed by atoms with Gasteiger partial charge in [0.15, 0.2) is 5.11 Å². The monoisotopic (exact) mass is 316 g/mol. The van der Waals surface area contributed by atoms with Crippen molar-refractivity contribution in [3.05, 3.63) is 54.1 Å². The van der Waals surface area contributed by atoms with Crippen molar-refractivity contribution in [2.24, 2.45) is 0 Å². The molecule has 0 aliphatic heterocycles. The molecule has 0 aliphatic rings. The minimum absolute atomic E-state index is 0.0641. The Balaban J connectivity index is 1.88. The highest BCUT2D eigenvalue weighted by atomic mass is 32.1. The molecule has 22 heavy (non-hydrogen) atoms. The Morgan fingerprint density at radius 1 is 1.18 bits per heavy atom. The maximum atomic E-state index is 11.9. The number of thiocarbonyl (C=S) groups is 1. The fraction of sp³-hybridized carbons (Fsp3) is 0.125. The first-order chi connectivity index (χ1) is 10.6. The average Bonchev–Trinajstić information content (AvgIpc) is 2.50. The van der Waals surface area contributed by atoms with E-state index < -0.39 is 0 Å². The molecular formula is C16H16N2O3S. The number of benzene rings is 2. The second-order valence-electron chi connectivity index (χ2n) is 4.54. The molecule has 6 heteroatoms. The van der Waals surface area contributed by atoms with Gasteiger partial charge in [0.25, 0.3) is 0 Å². The van der Waals surface area contributed by atoms with Crippen molar-refractivity contribution in [3.8, 4) is 11.5 Å². The molecule has 2 aromatic carbocycles. The van der Waals surface area contributed by atoms with Crippen LogP contribution in [0.3, 0.4) is 0 Å². The molecule has 0 aromatic heterocycles. The van der Waals surface area contributed by atoms with E-state index in [-0.39, 0.29) is 23.2 Å². The predicted octanol–water partition coefficient (Wildman–Crippen LogP) is 2.46. The third-order valence-electron chi connectivity index (χ3n) is 2.93. The second kappa shape index (κ2) is 7.42. The smallest absolute Gasteiger partial charge is 0.230 e. The largest absolute Gasteiger partial charge is 0.506 e. The fourth-order valence-electron chi connectivity index (χ4n) is 1.83. The van der Waals surface area contributed by atoms with Gasteiger partial charge in [0, 0.05) is 0 Å². The van der Waals surface area contributed by atoms with E-state index in [1.165, 1.54) is 6.07 Å². The van der Waals surface area contributed by atoms with Crippen LogP contribution in [0.15, 0.2) is 48.5 Å². The van der Waals surface area contributed by atoms with Crippen LogP contribution >= 0.6 is 12.2 Å². The second-order valence-corrected chi connectivity index (χ2v) is 4.95. The molecule has 0 bridgehead atoms. The van der Waals surface area contributed by atoms with Crippen LogP contribution in [0.1, 0.15) is 5.56 Å². The van der Waals surface area contributed by atoms with E-state index in [1.54, 1.807) is 37.4 Å². The van der Waals surface area contributed by atoms with Gasteiger partial charge in [-0.2, -0.15) is 0 Å². The van der Waals surface area contributed by atoms with Crippen molar-refractivity contribution in [2.75, 3.05) is 12.4 Å². The number of phenols is 1. The predicted molar refractivity (Wildman–Crippen MR) is 89.2 cm³/mol. The summed E-state index contributed by atoms with van der Waals surface area (Å²) < 4.78 is 5.06. The number of methoxy groups -OCH3 is 1. The molecule has 0 fully saturated rings. The zero-order chi connectivity index (χ0) is 15.9. The van der Waals surface area contributed by atoms with E-state index in [0.29, 0.717) is 5.69 Å². The Hall–Kier alpha value is -2.60. The molecule has 0 heterocycles. The molecule has 0 radical (unpaired) electrons. The van der Waals surface area contributed by atoms with Gasteiger partial charge in [-0.3, -0.25) is 4.79 Å². The first-order valence-electron chi connectivity index (χ1n) is 6.60. The summed E-state index contributed by atoms with van der Waals surface area (Å²) >= 11 is 5.05. The first-order valence-corrected chi connectivity index (χ1v) is 7.01. The van der Waals surface area contributed by atoms with E-state index in [1.807, 2.05) is 12.1 Å². The maximum Gasteiger partial charge on any atom is 0.230 e. The molecule has 0 unspecified atom stereocenters. The van der Waals surface area contributed by atoms with Crippen LogP contribution in [0.25, 0.3) is 0 Å². The Labute approximate surface area is 133 Å². The molecule has 5 nitrogen and oxygen atoms in total. The van der Waals surface area contributed by atoms with Gasteiger partial charge in [0.2, 0.25) is 5.91 Å². The van der Waals surface area contributed by atoms with Crippen molar-refractivity contribution in [2.45, 2.75) is 6.42 Å². The number of nitrogens with one attached hydrogen (secondary N) is 2. The highest BCUT2D eigenvalue weighted by Gasteiger charge is 2.08. The SMILES string of the molecule is COc1ccc(CC(=O)NC(=S)Nc2ccccc2O)cc1. The lowest BCUT2D eigenvalue weighted by molar-refractivity contribution is -0.119. The van der Waals surface area contributed by atoms with Gasteiger partial charge in [0.1, 0.15) is 11.5 Å². The number of hydrogen-bond acceptors (Lipinski definition) is 4. The molecule has 2 aromatic rings. The lowest BCUT2D eigenvalue weighted by Gasteiger charge is -2.10. The third-order valence-corrected chi connectivity index (χ3v) is 3.13. The summed E-state index contributed by atoms with van der Waals surface area (Å²) in [5.41, 5.74) is 1.29. The summed E-state index contributed by atoms with van der Waals surface area (Å²) in [6.45, 7) is 0. The molecule has 2 rings (SSSR count). The Morgan fingerprint density at radius 3 is 2.50 bits per heavy atom. The van der Waals surface area contributed by atoms with Crippen molar-refractivity contribution < 1.29 is 14.6 Å². The topological polar surface area (TPSA) is 70.6 Å². The highest BCUT2D eigenvalue weighted by Crippen LogP contribution is 2.21. The van der Waals surface area contributed by atoms with E-state index >= 15 is 0 Å². The molecule has 0 atom stereocenters. The van der Waals surface area contributed by atoms with Crippen LogP contribution in [-0.2, 0) is 11.2 Å². The highest BCUT2D eigenvalue weighted by molar-refractivity contribution is 7.80. The number of carbonyl (C=O) groups excluding carboxylic acids is 1. The van der Waals surface area contributed by atoms with E-state index in [0.717, 1.165) is 11.3 Å². The first kappa shape index (κ1) is 15.8. The normalized spacial score (nSPS) is 9.86. The molecule has 0 saturated heterocycles. The van der Waals surface area contributed by atoms with Gasteiger partial charge < -0.3 is 20.5 Å². The third kappa shape index (κ3) is 4.46. The Morgan fingerprint density at radius 2 is 1.86 bits per heavy atom. The lowest BCUT2D eigenvalue weighted by atomic mass is 10.1. The summed E-state index contributed by atoms with van der Waals surface area (Å²) in [5, 5.41) is 15.1. The van der Waals surface area contributed by atoms with Gasteiger partial charge in [-0.15, -0.1) is 0 Å². The van der Waals surface area contributed by atoms with Crippen LogP contribution in [0.2, 0.25) is 0 Å². The summed E-state index contributed by atoms with van der Waals surface area (Å²) in [6, 6.07) is 13.9. The van der Waals surface area contributed by atoms with E-state index in [9.17, 15) is 9.90 Å². The van der Waals surface area contributed by atoms with Gasteiger partial charge >= 0.3 is 0 Å². The van der Waals surface area contributed by atoms with Crippen molar-refractivity contribution in [3.63, 3.8) is 0 Å². The van der Waals surface area contributed by atoms with Gasteiger partial charge in [-0.1, -0.05) is 24.3 Å². The number of aromatic hydroxyl groups is 1. The van der Waals surface area contributed by atoms with E-state index in [2.05, 4.69) is 10.6 Å². The number of rotatable bonds is 4. The molecular weight excluding hydrogens is 300 g/mol. The number of hydrogen-bond donors (Lipinski definition) is 3. The Kier molecular flexibility index (Phi) is 5.32. The molecule has 114 valence electrons. The standard InChI is InChI=1S/C16H16N2O3S/c1-21-12-8-6-11(7-9-12)10-15(20)18-16(22)17-13-4-2-3-5-14(13)19/h2-9,19H,10H2,1H3,(H2,17,18,20,22). The number of phenolic OH excluding ortho intramolecular Hbond substituents is 1. The van der Waals surface area contributed by atoms with Crippen LogP contribution in [0.4, 0.5) is 5.69 Å². The minimum Gasteiger partial charge on any atom is -0.506 e. The molecule has 3 N–H and O–H groups in total. The molecule has 1 amide bonds. The summed E-state index contributed by atoms with van der Waals surface area (Å²) in [5.74, 6) is 0.563. The fourth-order valence-corrected chi connectivity index (χ4v) is 2.06. The van der Waals surface area contributed by atoms with Crippen LogP contribution in [-0.4, -0.2) is 23.2 Å². The summed E-state index contributed by atoms with van der Waals surface area (Å²) in [7, 11) is 1.59. The number of anilines is 1. The number of amides is 1. The van der Waals surface area contributed by atoms with Crippen molar-refractivity contribution in [1.82, 2.24) is 5.32 Å². The van der Waals surface area contributed by atoms with E-state index in [4.69, 9.17) is 17.0 Å². The zero-order valence-electron chi connectivity index (χ0n) is 12.0. The van der Waals surface area contributed by atoms with Crippen LogP contribution < -0.4 is 15.4 Å². The Bertz CT molecular complexity index is 671. The average molecular weight is 316 g/mol. The number of carbonyl (C=O) groups is 1.